The topological polar surface area (TPSA) is 29.1 Å². The second kappa shape index (κ2) is 4.94. The quantitative estimate of drug-likeness (QED) is 0.863. The summed E-state index contributed by atoms with van der Waals surface area (Å²) in [5, 5.41) is 2.87. The van der Waals surface area contributed by atoms with Crippen LogP contribution >= 0.6 is 11.3 Å². The van der Waals surface area contributed by atoms with E-state index in [4.69, 9.17) is 0 Å². The van der Waals surface area contributed by atoms with Gasteiger partial charge in [-0.3, -0.25) is 4.79 Å². The molecule has 82 valence electrons. The van der Waals surface area contributed by atoms with E-state index in [2.05, 4.69) is 5.32 Å². The van der Waals surface area contributed by atoms with Crippen LogP contribution in [0, 0.1) is 6.92 Å². The zero-order chi connectivity index (χ0) is 11.4. The molecule has 0 radical (unpaired) electrons. The van der Waals surface area contributed by atoms with Gasteiger partial charge in [0.05, 0.1) is 6.42 Å². The van der Waals surface area contributed by atoms with Gasteiger partial charge >= 0.3 is 0 Å². The molecule has 0 spiro atoms. The minimum absolute atomic E-state index is 0.0352. The normalized spacial score (nSPS) is 10.1. The maximum Gasteiger partial charge on any atom is 0.229 e. The van der Waals surface area contributed by atoms with Crippen LogP contribution in [0.15, 0.2) is 42.5 Å². The molecule has 0 fully saturated rings. The van der Waals surface area contributed by atoms with E-state index in [1.165, 1.54) is 4.88 Å². The first-order valence-corrected chi connectivity index (χ1v) is 5.96. The van der Waals surface area contributed by atoms with Crippen molar-refractivity contribution in [1.82, 2.24) is 0 Å². The van der Waals surface area contributed by atoms with E-state index in [0.29, 0.717) is 6.42 Å². The molecular formula is C13H13NOS. The summed E-state index contributed by atoms with van der Waals surface area (Å²) in [4.78, 5) is 14.0. The molecule has 0 unspecified atom stereocenters. The number of thiophene rings is 1. The lowest BCUT2D eigenvalue weighted by Gasteiger charge is -2.03. The highest BCUT2D eigenvalue weighted by Crippen LogP contribution is 2.16. The molecule has 0 bridgehead atoms. The fourth-order valence-corrected chi connectivity index (χ4v) is 2.35. The summed E-state index contributed by atoms with van der Waals surface area (Å²) in [6.45, 7) is 2.04. The molecule has 1 heterocycles. The van der Waals surface area contributed by atoms with Gasteiger partial charge in [0, 0.05) is 15.4 Å². The van der Waals surface area contributed by atoms with Crippen LogP contribution in [0.1, 0.15) is 9.75 Å². The van der Waals surface area contributed by atoms with Crippen molar-refractivity contribution in [3.8, 4) is 0 Å². The zero-order valence-corrected chi connectivity index (χ0v) is 9.88. The first-order chi connectivity index (χ1) is 7.74. The van der Waals surface area contributed by atoms with Gasteiger partial charge in [0.15, 0.2) is 0 Å². The molecule has 0 saturated carbocycles. The number of rotatable bonds is 3. The molecule has 1 aromatic carbocycles. The van der Waals surface area contributed by atoms with Gasteiger partial charge in [0.25, 0.3) is 0 Å². The van der Waals surface area contributed by atoms with Crippen LogP contribution in [-0.4, -0.2) is 5.91 Å². The average molecular weight is 231 g/mol. The Morgan fingerprint density at radius 1 is 1.19 bits per heavy atom. The van der Waals surface area contributed by atoms with Crippen LogP contribution in [-0.2, 0) is 11.2 Å². The number of aryl methyl sites for hydroxylation is 1. The number of anilines is 1. The minimum atomic E-state index is 0.0352. The van der Waals surface area contributed by atoms with Crippen LogP contribution in [0.3, 0.4) is 0 Å². The second-order valence-corrected chi connectivity index (χ2v) is 4.98. The first-order valence-electron chi connectivity index (χ1n) is 5.14. The highest BCUT2D eigenvalue weighted by Gasteiger charge is 2.05. The molecule has 0 aliphatic carbocycles. The smallest absolute Gasteiger partial charge is 0.229 e. The van der Waals surface area contributed by atoms with Crippen molar-refractivity contribution in [1.29, 1.82) is 0 Å². The number of benzene rings is 1. The maximum atomic E-state index is 11.7. The fourth-order valence-electron chi connectivity index (χ4n) is 1.47. The molecule has 1 aromatic heterocycles. The second-order valence-electron chi connectivity index (χ2n) is 3.60. The van der Waals surface area contributed by atoms with Crippen molar-refractivity contribution in [3.05, 3.63) is 52.2 Å². The van der Waals surface area contributed by atoms with E-state index in [1.54, 1.807) is 11.3 Å². The van der Waals surface area contributed by atoms with Gasteiger partial charge in [0.2, 0.25) is 5.91 Å². The zero-order valence-electron chi connectivity index (χ0n) is 9.07. The van der Waals surface area contributed by atoms with Crippen molar-refractivity contribution in [2.24, 2.45) is 0 Å². The molecule has 2 nitrogen and oxygen atoms in total. The lowest BCUT2D eigenvalue weighted by molar-refractivity contribution is -0.115. The standard InChI is InChI=1S/C13H13NOS/c1-10-7-8-12(16-10)9-13(15)14-11-5-3-2-4-6-11/h2-8H,9H2,1H3,(H,14,15). The lowest BCUT2D eigenvalue weighted by atomic mass is 10.3. The summed E-state index contributed by atoms with van der Waals surface area (Å²) in [5.74, 6) is 0.0352. The first kappa shape index (κ1) is 10.9. The maximum absolute atomic E-state index is 11.7. The third kappa shape index (κ3) is 2.94. The van der Waals surface area contributed by atoms with Gasteiger partial charge in [-0.15, -0.1) is 11.3 Å². The molecular weight excluding hydrogens is 218 g/mol. The van der Waals surface area contributed by atoms with Crippen molar-refractivity contribution in [3.63, 3.8) is 0 Å². The van der Waals surface area contributed by atoms with Crippen LogP contribution < -0.4 is 5.32 Å². The van der Waals surface area contributed by atoms with Crippen molar-refractivity contribution < 1.29 is 4.79 Å². The number of amides is 1. The Hall–Kier alpha value is -1.61. The van der Waals surface area contributed by atoms with E-state index in [1.807, 2.05) is 49.4 Å². The van der Waals surface area contributed by atoms with E-state index >= 15 is 0 Å². The molecule has 0 saturated heterocycles. The SMILES string of the molecule is Cc1ccc(CC(=O)Nc2ccccc2)s1. The van der Waals surface area contributed by atoms with Crippen molar-refractivity contribution in [2.75, 3.05) is 5.32 Å². The molecule has 1 amide bonds. The molecule has 0 aliphatic heterocycles. The molecule has 0 atom stereocenters. The molecule has 0 aliphatic rings. The lowest BCUT2D eigenvalue weighted by Crippen LogP contribution is -2.13. The third-order valence-electron chi connectivity index (χ3n) is 2.19. The Labute approximate surface area is 98.9 Å². The summed E-state index contributed by atoms with van der Waals surface area (Å²) in [5.41, 5.74) is 0.848. The average Bonchev–Trinajstić information content (AvgIpc) is 2.65. The highest BCUT2D eigenvalue weighted by atomic mass is 32.1. The molecule has 2 rings (SSSR count). The summed E-state index contributed by atoms with van der Waals surface area (Å²) in [6.07, 6.45) is 0.452. The summed E-state index contributed by atoms with van der Waals surface area (Å²) < 4.78 is 0. The molecule has 16 heavy (non-hydrogen) atoms. The van der Waals surface area contributed by atoms with E-state index in [0.717, 1.165) is 10.6 Å². The van der Waals surface area contributed by atoms with Crippen molar-refractivity contribution >= 4 is 22.9 Å². The highest BCUT2D eigenvalue weighted by molar-refractivity contribution is 7.12. The Morgan fingerprint density at radius 3 is 2.56 bits per heavy atom. The van der Waals surface area contributed by atoms with Gasteiger partial charge in [-0.1, -0.05) is 18.2 Å². The van der Waals surface area contributed by atoms with Crippen LogP contribution in [0.2, 0.25) is 0 Å². The third-order valence-corrected chi connectivity index (χ3v) is 3.19. The summed E-state index contributed by atoms with van der Waals surface area (Å²) >= 11 is 1.67. The van der Waals surface area contributed by atoms with Crippen LogP contribution in [0.4, 0.5) is 5.69 Å². The Balaban J connectivity index is 1.95. The molecule has 3 heteroatoms. The number of hydrogen-bond acceptors (Lipinski definition) is 2. The summed E-state index contributed by atoms with van der Waals surface area (Å²) in [7, 11) is 0. The largest absolute Gasteiger partial charge is 0.326 e. The number of carbonyl (C=O) groups excluding carboxylic acids is 1. The number of para-hydroxylation sites is 1. The van der Waals surface area contributed by atoms with Crippen LogP contribution in [0.25, 0.3) is 0 Å². The molecule has 1 N–H and O–H groups in total. The van der Waals surface area contributed by atoms with E-state index in [9.17, 15) is 4.79 Å². The van der Waals surface area contributed by atoms with E-state index in [-0.39, 0.29) is 5.91 Å². The number of nitrogens with one attached hydrogen (secondary N) is 1. The predicted molar refractivity (Wildman–Crippen MR) is 67.8 cm³/mol. The van der Waals surface area contributed by atoms with Gasteiger partial charge in [-0.05, 0) is 31.2 Å². The Kier molecular flexibility index (Phi) is 3.37. The van der Waals surface area contributed by atoms with Crippen LogP contribution in [0.5, 0.6) is 0 Å². The van der Waals surface area contributed by atoms with E-state index < -0.39 is 0 Å². The monoisotopic (exact) mass is 231 g/mol. The predicted octanol–water partition coefficient (Wildman–Crippen LogP) is 3.24. The Bertz CT molecular complexity index is 476. The Morgan fingerprint density at radius 2 is 1.94 bits per heavy atom. The number of hydrogen-bond donors (Lipinski definition) is 1. The van der Waals surface area contributed by atoms with Crippen molar-refractivity contribution in [2.45, 2.75) is 13.3 Å². The van der Waals surface area contributed by atoms with Gasteiger partial charge in [-0.2, -0.15) is 0 Å². The fraction of sp³-hybridized carbons (Fsp3) is 0.154. The van der Waals surface area contributed by atoms with Gasteiger partial charge in [0.1, 0.15) is 0 Å². The molecule has 2 aromatic rings. The minimum Gasteiger partial charge on any atom is -0.326 e. The van der Waals surface area contributed by atoms with Gasteiger partial charge in [-0.25, -0.2) is 0 Å². The van der Waals surface area contributed by atoms with Gasteiger partial charge < -0.3 is 5.32 Å². The number of carbonyl (C=O) groups is 1. The summed E-state index contributed by atoms with van der Waals surface area (Å²) in [6, 6.07) is 13.6.